The van der Waals surface area contributed by atoms with Crippen molar-refractivity contribution in [3.8, 4) is 17.1 Å². The molecular weight excluding hydrogens is 490 g/mol. The number of fused-ring (bicyclic) bond motifs is 1. The molecule has 0 saturated carbocycles. The van der Waals surface area contributed by atoms with E-state index in [-0.39, 0.29) is 18.1 Å². The molecule has 0 radical (unpaired) electrons. The van der Waals surface area contributed by atoms with Crippen LogP contribution in [0.2, 0.25) is 0 Å². The maximum atomic E-state index is 13.5. The van der Waals surface area contributed by atoms with Crippen LogP contribution in [0, 0.1) is 0 Å². The van der Waals surface area contributed by atoms with Gasteiger partial charge < -0.3 is 15.0 Å². The summed E-state index contributed by atoms with van der Waals surface area (Å²) in [4.78, 5) is 32.7. The molecule has 0 aliphatic rings. The van der Waals surface area contributed by atoms with Crippen LogP contribution < -0.4 is 20.5 Å². The highest BCUT2D eigenvalue weighted by Gasteiger charge is 2.13. The zero-order valence-corrected chi connectivity index (χ0v) is 21.6. The number of carbonyl (C=O) groups excluding carboxylic acids is 1. The third kappa shape index (κ3) is 5.86. The number of hydrogen-bond acceptors (Lipinski definition) is 6. The van der Waals surface area contributed by atoms with E-state index < -0.39 is 0 Å². The predicted molar refractivity (Wildman–Crippen MR) is 156 cm³/mol. The molecule has 1 heterocycles. The number of nitrogens with zero attached hydrogens (tertiary/aromatic N) is 4. The zero-order chi connectivity index (χ0) is 27.2. The van der Waals surface area contributed by atoms with E-state index in [1.54, 1.807) is 18.3 Å². The Labute approximate surface area is 225 Å². The van der Waals surface area contributed by atoms with Gasteiger partial charge in [0, 0.05) is 42.7 Å². The van der Waals surface area contributed by atoms with Crippen LogP contribution in [-0.2, 0) is 4.79 Å². The monoisotopic (exact) mass is 517 g/mol. The van der Waals surface area contributed by atoms with Crippen molar-refractivity contribution in [1.29, 1.82) is 0 Å². The molecule has 8 heteroatoms. The van der Waals surface area contributed by atoms with E-state index in [1.807, 2.05) is 110 Å². The molecule has 5 aromatic rings. The number of rotatable bonds is 8. The molecular formula is C31H27N5O3. The molecule has 194 valence electrons. The quantitative estimate of drug-likeness (QED) is 0.292. The summed E-state index contributed by atoms with van der Waals surface area (Å²) in [6.45, 7) is -0.195. The lowest BCUT2D eigenvalue weighted by Gasteiger charge is -2.16. The third-order valence-electron chi connectivity index (χ3n) is 6.03. The SMILES string of the molecule is CN(C)c1ccc(C=Nn2c(-c3ccccc3)nc3ccccc3c2=O)c(OCC(=O)Nc2ccccc2)c1. The van der Waals surface area contributed by atoms with E-state index in [9.17, 15) is 9.59 Å². The molecule has 5 rings (SSSR count). The van der Waals surface area contributed by atoms with Crippen LogP contribution >= 0.6 is 0 Å². The molecule has 0 spiro atoms. The van der Waals surface area contributed by atoms with Crippen molar-refractivity contribution in [1.82, 2.24) is 9.66 Å². The Morgan fingerprint density at radius 1 is 0.949 bits per heavy atom. The van der Waals surface area contributed by atoms with Gasteiger partial charge in [-0.3, -0.25) is 9.59 Å². The summed E-state index contributed by atoms with van der Waals surface area (Å²) in [5.74, 6) is 0.585. The number of amides is 1. The van der Waals surface area contributed by atoms with E-state index in [4.69, 9.17) is 9.72 Å². The zero-order valence-electron chi connectivity index (χ0n) is 21.6. The minimum Gasteiger partial charge on any atom is -0.483 e. The van der Waals surface area contributed by atoms with Gasteiger partial charge in [-0.15, -0.1) is 0 Å². The highest BCUT2D eigenvalue weighted by molar-refractivity contribution is 5.92. The standard InChI is InChI=1S/C31H27N5O3/c1-35(2)25-18-17-23(28(19-25)39-21-29(37)33-24-13-7-4-8-14-24)20-32-36-30(22-11-5-3-6-12-22)34-27-16-10-9-15-26(27)31(36)38/h3-20H,21H2,1-2H3,(H,33,37). The summed E-state index contributed by atoms with van der Waals surface area (Å²) in [6.07, 6.45) is 1.55. The van der Waals surface area contributed by atoms with Gasteiger partial charge in [0.1, 0.15) is 5.75 Å². The number of anilines is 2. The van der Waals surface area contributed by atoms with Gasteiger partial charge in [-0.1, -0.05) is 60.7 Å². The number of benzene rings is 4. The molecule has 0 bridgehead atoms. The van der Waals surface area contributed by atoms with Gasteiger partial charge in [0.2, 0.25) is 0 Å². The minimum atomic E-state index is -0.291. The van der Waals surface area contributed by atoms with Gasteiger partial charge in [-0.25, -0.2) is 4.98 Å². The van der Waals surface area contributed by atoms with Crippen LogP contribution in [-0.4, -0.2) is 42.5 Å². The number of para-hydroxylation sites is 2. The lowest BCUT2D eigenvalue weighted by atomic mass is 10.2. The van der Waals surface area contributed by atoms with Crippen molar-refractivity contribution in [2.45, 2.75) is 0 Å². The summed E-state index contributed by atoms with van der Waals surface area (Å²) in [5, 5.41) is 7.83. The Bertz CT molecular complexity index is 1700. The largest absolute Gasteiger partial charge is 0.483 e. The van der Waals surface area contributed by atoms with E-state index in [0.29, 0.717) is 33.7 Å². The van der Waals surface area contributed by atoms with Crippen molar-refractivity contribution in [2.75, 3.05) is 30.9 Å². The van der Waals surface area contributed by atoms with Gasteiger partial charge in [0.15, 0.2) is 12.4 Å². The van der Waals surface area contributed by atoms with Gasteiger partial charge in [-0.05, 0) is 36.4 Å². The van der Waals surface area contributed by atoms with E-state index in [2.05, 4.69) is 10.4 Å². The topological polar surface area (TPSA) is 88.8 Å². The average Bonchev–Trinajstić information content (AvgIpc) is 2.96. The first-order valence-electron chi connectivity index (χ1n) is 12.4. The maximum absolute atomic E-state index is 13.5. The highest BCUT2D eigenvalue weighted by atomic mass is 16.5. The average molecular weight is 518 g/mol. The molecule has 8 nitrogen and oxygen atoms in total. The van der Waals surface area contributed by atoms with Gasteiger partial charge in [0.25, 0.3) is 11.5 Å². The maximum Gasteiger partial charge on any atom is 0.282 e. The predicted octanol–water partition coefficient (Wildman–Crippen LogP) is 5.03. The number of nitrogens with one attached hydrogen (secondary N) is 1. The molecule has 0 aliphatic carbocycles. The van der Waals surface area contributed by atoms with Crippen molar-refractivity contribution in [3.05, 3.63) is 119 Å². The molecule has 0 unspecified atom stereocenters. The highest BCUT2D eigenvalue weighted by Crippen LogP contribution is 2.25. The number of hydrogen-bond donors (Lipinski definition) is 1. The van der Waals surface area contributed by atoms with Gasteiger partial charge >= 0.3 is 0 Å². The molecule has 1 amide bonds. The normalized spacial score (nSPS) is 11.0. The van der Waals surface area contributed by atoms with E-state index in [0.717, 1.165) is 11.3 Å². The summed E-state index contributed by atoms with van der Waals surface area (Å²) >= 11 is 0. The number of aromatic nitrogens is 2. The van der Waals surface area contributed by atoms with Gasteiger partial charge in [-0.2, -0.15) is 9.78 Å². The van der Waals surface area contributed by atoms with Gasteiger partial charge in [0.05, 0.1) is 17.1 Å². The van der Waals surface area contributed by atoms with Crippen molar-refractivity contribution >= 4 is 34.4 Å². The third-order valence-corrected chi connectivity index (χ3v) is 6.03. The second kappa shape index (κ2) is 11.4. The first-order valence-corrected chi connectivity index (χ1v) is 12.4. The molecule has 1 aromatic heterocycles. The lowest BCUT2D eigenvalue weighted by Crippen LogP contribution is -2.21. The van der Waals surface area contributed by atoms with Crippen molar-refractivity contribution in [3.63, 3.8) is 0 Å². The molecule has 0 aliphatic heterocycles. The smallest absolute Gasteiger partial charge is 0.282 e. The van der Waals surface area contributed by atoms with Crippen LogP contribution in [0.25, 0.3) is 22.3 Å². The van der Waals surface area contributed by atoms with Crippen LogP contribution in [0.4, 0.5) is 11.4 Å². The van der Waals surface area contributed by atoms with E-state index >= 15 is 0 Å². The second-order valence-corrected chi connectivity index (χ2v) is 9.00. The van der Waals surface area contributed by atoms with Crippen LogP contribution in [0.15, 0.2) is 113 Å². The molecule has 1 N–H and O–H groups in total. The summed E-state index contributed by atoms with van der Waals surface area (Å²) in [6, 6.07) is 31.4. The van der Waals surface area contributed by atoms with Crippen LogP contribution in [0.1, 0.15) is 5.56 Å². The van der Waals surface area contributed by atoms with Crippen molar-refractivity contribution < 1.29 is 9.53 Å². The summed E-state index contributed by atoms with van der Waals surface area (Å²) in [7, 11) is 3.84. The van der Waals surface area contributed by atoms with E-state index in [1.165, 1.54) is 4.68 Å². The molecule has 4 aromatic carbocycles. The molecule has 0 fully saturated rings. The Hall–Kier alpha value is -5.24. The lowest BCUT2D eigenvalue weighted by molar-refractivity contribution is -0.118. The first kappa shape index (κ1) is 25.4. The fourth-order valence-corrected chi connectivity index (χ4v) is 4.02. The molecule has 0 atom stereocenters. The first-order chi connectivity index (χ1) is 19.0. The Kier molecular flexibility index (Phi) is 7.45. The van der Waals surface area contributed by atoms with Crippen LogP contribution in [0.3, 0.4) is 0 Å². The Balaban J connectivity index is 1.50. The second-order valence-electron chi connectivity index (χ2n) is 9.00. The Morgan fingerprint density at radius 3 is 2.38 bits per heavy atom. The summed E-state index contributed by atoms with van der Waals surface area (Å²) in [5.41, 5.74) is 3.25. The fourth-order valence-electron chi connectivity index (χ4n) is 4.02. The number of ether oxygens (including phenoxy) is 1. The Morgan fingerprint density at radius 2 is 1.64 bits per heavy atom. The fraction of sp³-hybridized carbons (Fsp3) is 0.0968. The number of carbonyl (C=O) groups is 1. The van der Waals surface area contributed by atoms with Crippen LogP contribution in [0.5, 0.6) is 5.75 Å². The minimum absolute atomic E-state index is 0.195. The summed E-state index contributed by atoms with van der Waals surface area (Å²) < 4.78 is 7.23. The molecule has 39 heavy (non-hydrogen) atoms. The molecule has 0 saturated heterocycles. The van der Waals surface area contributed by atoms with Crippen molar-refractivity contribution in [2.24, 2.45) is 5.10 Å².